The van der Waals surface area contributed by atoms with Crippen molar-refractivity contribution in [1.29, 1.82) is 0 Å². The number of aliphatic hydroxyl groups is 1. The molecule has 0 aliphatic carbocycles. The Morgan fingerprint density at radius 3 is 2.68 bits per heavy atom. The molecule has 2 heterocycles. The van der Waals surface area contributed by atoms with Gasteiger partial charge in [0.1, 0.15) is 5.75 Å². The summed E-state index contributed by atoms with van der Waals surface area (Å²) in [6.45, 7) is 3.50. The summed E-state index contributed by atoms with van der Waals surface area (Å²) in [5.41, 5.74) is 4.24. The number of carbonyl (C=O) groups excluding carboxylic acids is 2. The van der Waals surface area contributed by atoms with E-state index in [1.54, 1.807) is 19.2 Å². The number of aryl methyl sites for hydroxylation is 1. The average molecular weight is 465 g/mol. The Hall–Kier alpha value is -3.32. The standard InChI is InChI=1S/C27H32N2O5/c1-5-11-29-12-10-21(26(29)31)25(30)18-8-9-23-22(14-18)20(16-28(23)2)13-17-6-7-19(27(32)34-4)15-24(17)33-3/h6-9,14-16,21,25,30H,5,10-13H2,1-4H3. The quantitative estimate of drug-likeness (QED) is 0.512. The molecule has 7 heteroatoms. The maximum Gasteiger partial charge on any atom is 0.337 e. The van der Waals surface area contributed by atoms with E-state index in [2.05, 4.69) is 17.7 Å². The van der Waals surface area contributed by atoms with Crippen LogP contribution in [0.4, 0.5) is 0 Å². The van der Waals surface area contributed by atoms with Crippen LogP contribution in [0.5, 0.6) is 5.75 Å². The van der Waals surface area contributed by atoms with Crippen molar-refractivity contribution in [1.82, 2.24) is 9.47 Å². The third-order valence-corrected chi connectivity index (χ3v) is 6.74. The van der Waals surface area contributed by atoms with Crippen LogP contribution in [0, 0.1) is 5.92 Å². The van der Waals surface area contributed by atoms with E-state index >= 15 is 0 Å². The summed E-state index contributed by atoms with van der Waals surface area (Å²) >= 11 is 0. The third kappa shape index (κ3) is 4.40. The van der Waals surface area contributed by atoms with Crippen molar-refractivity contribution in [2.45, 2.75) is 32.3 Å². The molecule has 1 N–H and O–H groups in total. The lowest BCUT2D eigenvalue weighted by atomic mass is 9.92. The molecule has 3 aromatic rings. The summed E-state index contributed by atoms with van der Waals surface area (Å²) in [4.78, 5) is 26.5. The molecule has 0 saturated carbocycles. The fourth-order valence-electron chi connectivity index (χ4n) is 4.94. The number of nitrogens with zero attached hydrogens (tertiary/aromatic N) is 2. The predicted octanol–water partition coefficient (Wildman–Crippen LogP) is 3.86. The smallest absolute Gasteiger partial charge is 0.337 e. The van der Waals surface area contributed by atoms with E-state index in [1.165, 1.54) is 7.11 Å². The summed E-state index contributed by atoms with van der Waals surface area (Å²) in [7, 11) is 4.92. The van der Waals surface area contributed by atoms with Gasteiger partial charge in [-0.2, -0.15) is 0 Å². The van der Waals surface area contributed by atoms with Crippen LogP contribution in [0.3, 0.4) is 0 Å². The maximum atomic E-state index is 12.8. The molecule has 2 aromatic carbocycles. The van der Waals surface area contributed by atoms with Gasteiger partial charge >= 0.3 is 5.97 Å². The molecule has 34 heavy (non-hydrogen) atoms. The minimum atomic E-state index is -0.833. The molecule has 2 atom stereocenters. The summed E-state index contributed by atoms with van der Waals surface area (Å²) in [6, 6.07) is 11.2. The first-order valence-corrected chi connectivity index (χ1v) is 11.7. The summed E-state index contributed by atoms with van der Waals surface area (Å²) < 4.78 is 12.4. The summed E-state index contributed by atoms with van der Waals surface area (Å²) in [5, 5.41) is 12.1. The van der Waals surface area contributed by atoms with Gasteiger partial charge < -0.3 is 24.0 Å². The summed E-state index contributed by atoms with van der Waals surface area (Å²) in [6.07, 6.45) is 3.41. The van der Waals surface area contributed by atoms with Crippen LogP contribution < -0.4 is 4.74 Å². The highest BCUT2D eigenvalue weighted by molar-refractivity contribution is 5.90. The number of hydrogen-bond donors (Lipinski definition) is 1. The molecule has 180 valence electrons. The van der Waals surface area contributed by atoms with Crippen LogP contribution in [0.25, 0.3) is 10.9 Å². The van der Waals surface area contributed by atoms with Crippen molar-refractivity contribution >= 4 is 22.8 Å². The van der Waals surface area contributed by atoms with Gasteiger partial charge in [0.05, 0.1) is 31.8 Å². The van der Waals surface area contributed by atoms with Crippen LogP contribution in [0.15, 0.2) is 42.6 Å². The molecule has 4 rings (SSSR count). The molecule has 1 aliphatic rings. The van der Waals surface area contributed by atoms with Gasteiger partial charge in [-0.05, 0) is 53.8 Å². The van der Waals surface area contributed by atoms with Crippen LogP contribution in [-0.2, 0) is 23.0 Å². The first-order chi connectivity index (χ1) is 16.4. The normalized spacial score (nSPS) is 16.8. The molecule has 1 saturated heterocycles. The largest absolute Gasteiger partial charge is 0.496 e. The Kier molecular flexibility index (Phi) is 6.93. The van der Waals surface area contributed by atoms with Gasteiger partial charge in [-0.1, -0.05) is 19.1 Å². The highest BCUT2D eigenvalue weighted by atomic mass is 16.5. The van der Waals surface area contributed by atoms with Gasteiger partial charge in [-0.15, -0.1) is 0 Å². The molecular weight excluding hydrogens is 432 g/mol. The number of likely N-dealkylation sites (tertiary alicyclic amines) is 1. The number of rotatable bonds is 8. The second-order valence-electron chi connectivity index (χ2n) is 8.90. The Labute approximate surface area is 199 Å². The number of benzene rings is 2. The second kappa shape index (κ2) is 9.89. The van der Waals surface area contributed by atoms with E-state index in [4.69, 9.17) is 9.47 Å². The lowest BCUT2D eigenvalue weighted by Gasteiger charge is -2.19. The Morgan fingerprint density at radius 2 is 1.97 bits per heavy atom. The van der Waals surface area contributed by atoms with Gasteiger partial charge in [0.15, 0.2) is 0 Å². The number of carbonyl (C=O) groups is 2. The van der Waals surface area contributed by atoms with Crippen molar-refractivity contribution in [3.05, 3.63) is 64.8 Å². The predicted molar refractivity (Wildman–Crippen MR) is 130 cm³/mol. The minimum Gasteiger partial charge on any atom is -0.496 e. The highest BCUT2D eigenvalue weighted by Gasteiger charge is 2.36. The molecular formula is C27H32N2O5. The van der Waals surface area contributed by atoms with Gasteiger partial charge in [-0.25, -0.2) is 4.79 Å². The molecule has 1 aliphatic heterocycles. The molecule has 1 aromatic heterocycles. The van der Waals surface area contributed by atoms with Crippen molar-refractivity contribution in [3.8, 4) is 5.75 Å². The molecule has 0 spiro atoms. The Bertz CT molecular complexity index is 1220. The number of aliphatic hydroxyl groups excluding tert-OH is 1. The third-order valence-electron chi connectivity index (χ3n) is 6.74. The van der Waals surface area contributed by atoms with E-state index in [0.717, 1.165) is 40.6 Å². The van der Waals surface area contributed by atoms with Crippen LogP contribution in [0.2, 0.25) is 0 Å². The van der Waals surface area contributed by atoms with Crippen molar-refractivity contribution in [3.63, 3.8) is 0 Å². The van der Waals surface area contributed by atoms with Gasteiger partial charge in [0, 0.05) is 43.7 Å². The molecule has 0 radical (unpaired) electrons. The fraction of sp³-hybridized carbons (Fsp3) is 0.407. The van der Waals surface area contributed by atoms with Crippen molar-refractivity contribution < 1.29 is 24.2 Å². The maximum absolute atomic E-state index is 12.8. The van der Waals surface area contributed by atoms with Crippen LogP contribution >= 0.6 is 0 Å². The highest BCUT2D eigenvalue weighted by Crippen LogP contribution is 2.35. The molecule has 7 nitrogen and oxygen atoms in total. The lowest BCUT2D eigenvalue weighted by molar-refractivity contribution is -0.134. The average Bonchev–Trinajstić information content (AvgIpc) is 3.37. The number of methoxy groups -OCH3 is 2. The number of hydrogen-bond acceptors (Lipinski definition) is 5. The van der Waals surface area contributed by atoms with Crippen molar-refractivity contribution in [2.75, 3.05) is 27.3 Å². The minimum absolute atomic E-state index is 0.0400. The number of esters is 1. The molecule has 1 amide bonds. The van der Waals surface area contributed by atoms with Gasteiger partial charge in [0.25, 0.3) is 0 Å². The Morgan fingerprint density at radius 1 is 1.18 bits per heavy atom. The van der Waals surface area contributed by atoms with Crippen LogP contribution in [0.1, 0.15) is 52.9 Å². The zero-order valence-corrected chi connectivity index (χ0v) is 20.2. The lowest BCUT2D eigenvalue weighted by Crippen LogP contribution is -2.30. The molecule has 1 fully saturated rings. The van der Waals surface area contributed by atoms with Crippen molar-refractivity contribution in [2.24, 2.45) is 13.0 Å². The zero-order chi connectivity index (χ0) is 24.4. The van der Waals surface area contributed by atoms with E-state index < -0.39 is 18.0 Å². The SMILES string of the molecule is CCCN1CCC(C(O)c2ccc3c(c2)c(Cc2ccc(C(=O)OC)cc2OC)cn3C)C1=O. The van der Waals surface area contributed by atoms with Gasteiger partial charge in [-0.3, -0.25) is 4.79 Å². The van der Waals surface area contributed by atoms with E-state index in [-0.39, 0.29) is 5.91 Å². The van der Waals surface area contributed by atoms with E-state index in [0.29, 0.717) is 30.7 Å². The molecule has 0 bridgehead atoms. The topological polar surface area (TPSA) is 81.0 Å². The van der Waals surface area contributed by atoms with E-state index in [9.17, 15) is 14.7 Å². The van der Waals surface area contributed by atoms with E-state index in [1.807, 2.05) is 36.2 Å². The summed E-state index contributed by atoms with van der Waals surface area (Å²) in [5.74, 6) is -0.156. The zero-order valence-electron chi connectivity index (χ0n) is 20.2. The number of ether oxygens (including phenoxy) is 2. The monoisotopic (exact) mass is 464 g/mol. The van der Waals surface area contributed by atoms with Gasteiger partial charge in [0.2, 0.25) is 5.91 Å². The number of amides is 1. The fourth-order valence-corrected chi connectivity index (χ4v) is 4.94. The number of fused-ring (bicyclic) bond motifs is 1. The first-order valence-electron chi connectivity index (χ1n) is 11.7. The number of aromatic nitrogens is 1. The second-order valence-corrected chi connectivity index (χ2v) is 8.90. The van der Waals surface area contributed by atoms with Crippen LogP contribution in [-0.4, -0.2) is 53.8 Å². The Balaban J connectivity index is 1.65. The molecule has 2 unspecified atom stereocenters. The first kappa shape index (κ1) is 23.8.